The van der Waals surface area contributed by atoms with E-state index >= 15 is 0 Å². The lowest BCUT2D eigenvalue weighted by Crippen LogP contribution is -2.46. The third-order valence-corrected chi connectivity index (χ3v) is 7.93. The number of nitrogens with one attached hydrogen (secondary N) is 3. The molecular weight excluding hydrogens is 504 g/mol. The Morgan fingerprint density at radius 3 is 2.61 bits per heavy atom. The fraction of sp³-hybridized carbons (Fsp3) is 0.480. The van der Waals surface area contributed by atoms with Gasteiger partial charge in [-0.2, -0.15) is 5.26 Å². The number of hydrogen-bond acceptors (Lipinski definition) is 8. The number of hydrogen-bond donors (Lipinski definition) is 4. The summed E-state index contributed by atoms with van der Waals surface area (Å²) in [5.74, 6) is 1.12. The number of nitrogens with zero attached hydrogens (tertiary/aromatic N) is 1. The van der Waals surface area contributed by atoms with Gasteiger partial charge in [0.2, 0.25) is 10.0 Å². The number of aliphatic hydroxyl groups excluding tert-OH is 1. The molecule has 3 rings (SSSR count). The molecule has 36 heavy (non-hydrogen) atoms. The van der Waals surface area contributed by atoms with E-state index in [0.717, 1.165) is 17.7 Å². The van der Waals surface area contributed by atoms with Crippen LogP contribution in [0.3, 0.4) is 0 Å². The van der Waals surface area contributed by atoms with Crippen LogP contribution in [0.5, 0.6) is 11.5 Å². The lowest BCUT2D eigenvalue weighted by Gasteiger charge is -2.28. The summed E-state index contributed by atoms with van der Waals surface area (Å²) in [7, 11) is -2.25. The Hall–Kier alpha value is -2.39. The molecule has 3 unspecified atom stereocenters. The summed E-state index contributed by atoms with van der Waals surface area (Å²) in [6.07, 6.45) is -0.0465. The SMILES string of the molecule is COc1ccc(CC(C)(C)NC[C@@H](O)COc2cccc(S(=O)(=O)NC3CNC(C#N)C3Cl)c2)cc1. The van der Waals surface area contributed by atoms with Crippen molar-refractivity contribution in [3.63, 3.8) is 0 Å². The fourth-order valence-electron chi connectivity index (χ4n) is 3.90. The number of benzene rings is 2. The van der Waals surface area contributed by atoms with Crippen molar-refractivity contribution >= 4 is 21.6 Å². The molecular formula is C25H33ClN4O5S. The molecule has 1 fully saturated rings. The van der Waals surface area contributed by atoms with Gasteiger partial charge in [-0.1, -0.05) is 18.2 Å². The van der Waals surface area contributed by atoms with Crippen LogP contribution in [0, 0.1) is 11.3 Å². The van der Waals surface area contributed by atoms with Crippen LogP contribution in [-0.4, -0.2) is 69.4 Å². The van der Waals surface area contributed by atoms with Crippen molar-refractivity contribution < 1.29 is 23.0 Å². The Kier molecular flexibility index (Phi) is 9.58. The summed E-state index contributed by atoms with van der Waals surface area (Å²) in [5, 5.41) is 25.0. The normalized spacial score (nSPS) is 21.1. The van der Waals surface area contributed by atoms with Crippen molar-refractivity contribution in [3.8, 4) is 17.6 Å². The molecule has 1 saturated heterocycles. The first-order valence-corrected chi connectivity index (χ1v) is 13.5. The van der Waals surface area contributed by atoms with Crippen molar-refractivity contribution in [2.75, 3.05) is 26.8 Å². The molecule has 9 nitrogen and oxygen atoms in total. The maximum absolute atomic E-state index is 12.8. The van der Waals surface area contributed by atoms with Crippen molar-refractivity contribution in [2.24, 2.45) is 0 Å². The molecule has 4 N–H and O–H groups in total. The van der Waals surface area contributed by atoms with Crippen LogP contribution in [0.4, 0.5) is 0 Å². The van der Waals surface area contributed by atoms with E-state index in [1.807, 2.05) is 30.3 Å². The lowest BCUT2D eigenvalue weighted by atomic mass is 9.94. The summed E-state index contributed by atoms with van der Waals surface area (Å²) in [6.45, 7) is 4.65. The topological polar surface area (TPSA) is 133 Å². The zero-order chi connectivity index (χ0) is 26.3. The van der Waals surface area contributed by atoms with E-state index < -0.39 is 33.6 Å². The third kappa shape index (κ3) is 7.80. The highest BCUT2D eigenvalue weighted by Gasteiger charge is 2.37. The van der Waals surface area contributed by atoms with E-state index in [9.17, 15) is 13.5 Å². The van der Waals surface area contributed by atoms with E-state index in [1.54, 1.807) is 19.2 Å². The van der Waals surface area contributed by atoms with Gasteiger partial charge < -0.3 is 19.9 Å². The molecule has 0 bridgehead atoms. The molecule has 1 heterocycles. The van der Waals surface area contributed by atoms with Crippen molar-refractivity contribution in [1.29, 1.82) is 5.26 Å². The molecule has 11 heteroatoms. The minimum Gasteiger partial charge on any atom is -0.497 e. The highest BCUT2D eigenvalue weighted by atomic mass is 35.5. The smallest absolute Gasteiger partial charge is 0.241 e. The molecule has 0 radical (unpaired) electrons. The Bertz CT molecular complexity index is 1150. The van der Waals surface area contributed by atoms with Gasteiger partial charge in [-0.3, -0.25) is 5.32 Å². The van der Waals surface area contributed by atoms with Crippen LogP contribution >= 0.6 is 11.6 Å². The molecule has 4 atom stereocenters. The fourth-order valence-corrected chi connectivity index (χ4v) is 5.56. The molecule has 2 aromatic rings. The second-order valence-electron chi connectivity index (χ2n) is 9.42. The summed E-state index contributed by atoms with van der Waals surface area (Å²) in [6, 6.07) is 14.7. The molecule has 0 amide bonds. The Morgan fingerprint density at radius 1 is 1.25 bits per heavy atom. The molecule has 1 aliphatic heterocycles. The van der Waals surface area contributed by atoms with Gasteiger partial charge in [0.25, 0.3) is 0 Å². The van der Waals surface area contributed by atoms with Crippen LogP contribution in [0.2, 0.25) is 0 Å². The van der Waals surface area contributed by atoms with Gasteiger partial charge in [0.1, 0.15) is 30.3 Å². The largest absolute Gasteiger partial charge is 0.497 e. The number of nitriles is 1. The number of alkyl halides is 1. The van der Waals surface area contributed by atoms with E-state index in [-0.39, 0.29) is 23.6 Å². The molecule has 0 spiro atoms. The van der Waals surface area contributed by atoms with Gasteiger partial charge in [0, 0.05) is 24.7 Å². The summed E-state index contributed by atoms with van der Waals surface area (Å²) >= 11 is 6.20. The summed E-state index contributed by atoms with van der Waals surface area (Å²) in [4.78, 5) is 0.0116. The number of β-amino-alcohol motifs (C(OH)–C–C–N with tert-alkyl or cyclic N) is 1. The van der Waals surface area contributed by atoms with Crippen LogP contribution in [0.1, 0.15) is 19.4 Å². The van der Waals surface area contributed by atoms with Crippen molar-refractivity contribution in [1.82, 2.24) is 15.4 Å². The summed E-state index contributed by atoms with van der Waals surface area (Å²) < 4.78 is 39.0. The average molecular weight is 537 g/mol. The molecule has 196 valence electrons. The first-order valence-electron chi connectivity index (χ1n) is 11.6. The number of aliphatic hydroxyl groups is 1. The van der Waals surface area contributed by atoms with E-state index in [1.165, 1.54) is 12.1 Å². The van der Waals surface area contributed by atoms with Gasteiger partial charge in [-0.05, 0) is 50.1 Å². The van der Waals surface area contributed by atoms with E-state index in [4.69, 9.17) is 26.3 Å². The van der Waals surface area contributed by atoms with Crippen LogP contribution in [0.25, 0.3) is 0 Å². The number of halogens is 1. The van der Waals surface area contributed by atoms with Gasteiger partial charge in [0.15, 0.2) is 0 Å². The predicted molar refractivity (Wildman–Crippen MR) is 138 cm³/mol. The Labute approximate surface area is 217 Å². The molecule has 2 aromatic carbocycles. The lowest BCUT2D eigenvalue weighted by molar-refractivity contribution is 0.0987. The molecule has 1 aliphatic rings. The van der Waals surface area contributed by atoms with E-state index in [0.29, 0.717) is 12.3 Å². The highest BCUT2D eigenvalue weighted by molar-refractivity contribution is 7.89. The number of methoxy groups -OCH3 is 1. The molecule has 0 saturated carbocycles. The van der Waals surface area contributed by atoms with Crippen molar-refractivity contribution in [3.05, 3.63) is 54.1 Å². The zero-order valence-corrected chi connectivity index (χ0v) is 22.1. The number of rotatable bonds is 12. The number of sulfonamides is 1. The van der Waals surface area contributed by atoms with Gasteiger partial charge in [-0.15, -0.1) is 11.6 Å². The monoisotopic (exact) mass is 536 g/mol. The Balaban J connectivity index is 1.50. The first-order chi connectivity index (χ1) is 17.0. The van der Waals surface area contributed by atoms with Gasteiger partial charge in [-0.25, -0.2) is 13.1 Å². The zero-order valence-electron chi connectivity index (χ0n) is 20.6. The van der Waals surface area contributed by atoms with Crippen LogP contribution in [0.15, 0.2) is 53.4 Å². The number of ether oxygens (including phenoxy) is 2. The Morgan fingerprint density at radius 2 is 1.97 bits per heavy atom. The quantitative estimate of drug-likeness (QED) is 0.302. The maximum atomic E-state index is 12.8. The standard InChI is InChI=1S/C25H33ClN4O5S/c1-25(2,12-17-7-9-19(34-3)10-8-17)29-14-18(31)16-35-20-5-4-6-21(11-20)36(32,33)30-23-15-28-22(13-27)24(23)26/h4-11,18,22-24,28-31H,12,14-16H2,1-3H3/t18-,22?,23?,24?/m1/s1. The second-order valence-corrected chi connectivity index (χ2v) is 11.6. The second kappa shape index (κ2) is 12.2. The molecule has 0 aromatic heterocycles. The average Bonchev–Trinajstić information content (AvgIpc) is 3.20. The summed E-state index contributed by atoms with van der Waals surface area (Å²) in [5.41, 5.74) is 0.873. The highest BCUT2D eigenvalue weighted by Crippen LogP contribution is 2.21. The minimum atomic E-state index is -3.88. The van der Waals surface area contributed by atoms with E-state index in [2.05, 4.69) is 29.2 Å². The molecule has 0 aliphatic carbocycles. The first kappa shape index (κ1) is 28.2. The van der Waals surface area contributed by atoms with Gasteiger partial charge >= 0.3 is 0 Å². The third-order valence-electron chi connectivity index (χ3n) is 5.89. The van der Waals surface area contributed by atoms with Crippen LogP contribution in [-0.2, 0) is 16.4 Å². The predicted octanol–water partition coefficient (Wildman–Crippen LogP) is 1.80. The van der Waals surface area contributed by atoms with Gasteiger partial charge in [0.05, 0.1) is 29.5 Å². The maximum Gasteiger partial charge on any atom is 0.241 e. The van der Waals surface area contributed by atoms with Crippen LogP contribution < -0.4 is 24.8 Å². The van der Waals surface area contributed by atoms with Crippen molar-refractivity contribution in [2.45, 2.75) is 54.3 Å². The minimum absolute atomic E-state index is 0.0112.